The van der Waals surface area contributed by atoms with E-state index in [1.165, 1.54) is 0 Å². The highest BCUT2D eigenvalue weighted by Crippen LogP contribution is 2.38. The number of esters is 2. The smallest absolute Gasteiger partial charge is 0.347 e. The normalized spacial score (nSPS) is 13.6. The lowest BCUT2D eigenvalue weighted by molar-refractivity contribution is 0.0445. The minimum Gasteiger partial charge on any atom is -0.497 e. The number of rotatable bonds is 1. The molecular formula is C17H10O4. The summed E-state index contributed by atoms with van der Waals surface area (Å²) in [6.07, 6.45) is 0. The van der Waals surface area contributed by atoms with E-state index in [9.17, 15) is 9.59 Å². The van der Waals surface area contributed by atoms with Gasteiger partial charge in [0.25, 0.3) is 0 Å². The third kappa shape index (κ3) is 1.50. The SMILES string of the molecule is COc1ccc2c3c(c4ccccc4c2c1)C(=O)OC3=O. The molecule has 0 aromatic heterocycles. The molecule has 0 spiro atoms. The standard InChI is InChI=1S/C17H10O4/c1-20-9-6-7-12-13(8-9)10-4-2-3-5-11(10)14-15(12)17(19)21-16(14)18/h2-8H,1H3. The average Bonchev–Trinajstić information content (AvgIpc) is 2.82. The van der Waals surface area contributed by atoms with E-state index in [2.05, 4.69) is 0 Å². The van der Waals surface area contributed by atoms with Gasteiger partial charge in [-0.05, 0) is 39.7 Å². The Balaban J connectivity index is 2.30. The van der Waals surface area contributed by atoms with Crippen LogP contribution in [0, 0.1) is 0 Å². The van der Waals surface area contributed by atoms with Gasteiger partial charge in [0, 0.05) is 0 Å². The molecule has 3 aromatic carbocycles. The van der Waals surface area contributed by atoms with Crippen molar-refractivity contribution in [3.63, 3.8) is 0 Å². The Bertz CT molecular complexity index is 940. The number of benzene rings is 3. The van der Waals surface area contributed by atoms with Crippen LogP contribution >= 0.6 is 0 Å². The summed E-state index contributed by atoms with van der Waals surface area (Å²) in [5, 5.41) is 3.21. The molecule has 0 aliphatic carbocycles. The third-order valence-corrected chi connectivity index (χ3v) is 3.83. The zero-order valence-corrected chi connectivity index (χ0v) is 11.2. The zero-order chi connectivity index (χ0) is 14.6. The van der Waals surface area contributed by atoms with Crippen LogP contribution in [-0.4, -0.2) is 19.0 Å². The highest BCUT2D eigenvalue weighted by Gasteiger charge is 2.34. The molecule has 3 aromatic rings. The Morgan fingerprint density at radius 1 is 0.810 bits per heavy atom. The highest BCUT2D eigenvalue weighted by atomic mass is 16.6. The van der Waals surface area contributed by atoms with Crippen LogP contribution in [0.3, 0.4) is 0 Å². The van der Waals surface area contributed by atoms with Crippen LogP contribution in [0.1, 0.15) is 20.7 Å². The molecule has 4 rings (SSSR count). The van der Waals surface area contributed by atoms with Gasteiger partial charge >= 0.3 is 11.9 Å². The second kappa shape index (κ2) is 4.06. The molecule has 0 N–H and O–H groups in total. The van der Waals surface area contributed by atoms with E-state index in [0.717, 1.165) is 16.2 Å². The number of hydrogen-bond donors (Lipinski definition) is 0. The monoisotopic (exact) mass is 278 g/mol. The number of fused-ring (bicyclic) bond motifs is 6. The summed E-state index contributed by atoms with van der Waals surface area (Å²) in [5.74, 6) is -0.467. The molecule has 0 fully saturated rings. The van der Waals surface area contributed by atoms with Crippen LogP contribution in [0.25, 0.3) is 21.5 Å². The first-order chi connectivity index (χ1) is 10.2. The van der Waals surface area contributed by atoms with Gasteiger partial charge in [-0.2, -0.15) is 0 Å². The van der Waals surface area contributed by atoms with Crippen molar-refractivity contribution < 1.29 is 19.1 Å². The Hall–Kier alpha value is -2.88. The van der Waals surface area contributed by atoms with E-state index in [-0.39, 0.29) is 0 Å². The summed E-state index contributed by atoms with van der Waals surface area (Å²) >= 11 is 0. The summed E-state index contributed by atoms with van der Waals surface area (Å²) in [4.78, 5) is 24.0. The Morgan fingerprint density at radius 3 is 2.10 bits per heavy atom. The zero-order valence-electron chi connectivity index (χ0n) is 11.2. The van der Waals surface area contributed by atoms with E-state index in [1.54, 1.807) is 19.2 Å². The van der Waals surface area contributed by atoms with Crippen LogP contribution in [0.4, 0.5) is 0 Å². The van der Waals surface area contributed by atoms with E-state index >= 15 is 0 Å². The number of carbonyl (C=O) groups excluding carboxylic acids is 2. The predicted octanol–water partition coefficient (Wildman–Crippen LogP) is 3.31. The van der Waals surface area contributed by atoms with Crippen molar-refractivity contribution in [1.29, 1.82) is 0 Å². The minimum absolute atomic E-state index is 0.344. The summed E-state index contributed by atoms with van der Waals surface area (Å²) in [6, 6.07) is 12.9. The maximum absolute atomic E-state index is 12.0. The summed E-state index contributed by atoms with van der Waals surface area (Å²) < 4.78 is 10.1. The Labute approximate surface area is 119 Å². The first-order valence-electron chi connectivity index (χ1n) is 6.49. The number of cyclic esters (lactones) is 2. The molecule has 1 aliphatic heterocycles. The molecule has 21 heavy (non-hydrogen) atoms. The molecular weight excluding hydrogens is 268 g/mol. The average molecular weight is 278 g/mol. The Kier molecular flexibility index (Phi) is 2.30. The van der Waals surface area contributed by atoms with Gasteiger partial charge < -0.3 is 9.47 Å². The number of ether oxygens (including phenoxy) is 2. The molecule has 0 saturated carbocycles. The van der Waals surface area contributed by atoms with Crippen LogP contribution in [0.5, 0.6) is 5.75 Å². The van der Waals surface area contributed by atoms with Crippen molar-refractivity contribution >= 4 is 33.5 Å². The van der Waals surface area contributed by atoms with Gasteiger partial charge in [0.2, 0.25) is 0 Å². The topological polar surface area (TPSA) is 52.6 Å². The number of carbonyl (C=O) groups is 2. The molecule has 102 valence electrons. The quantitative estimate of drug-likeness (QED) is 0.389. The third-order valence-electron chi connectivity index (χ3n) is 3.83. The second-order valence-corrected chi connectivity index (χ2v) is 4.88. The first kappa shape index (κ1) is 11.9. The van der Waals surface area contributed by atoms with E-state index in [0.29, 0.717) is 22.3 Å². The fourth-order valence-electron chi connectivity index (χ4n) is 2.91. The van der Waals surface area contributed by atoms with Gasteiger partial charge in [-0.3, -0.25) is 0 Å². The van der Waals surface area contributed by atoms with Crippen LogP contribution in [0.2, 0.25) is 0 Å². The van der Waals surface area contributed by atoms with E-state index < -0.39 is 11.9 Å². The van der Waals surface area contributed by atoms with Gasteiger partial charge in [-0.25, -0.2) is 9.59 Å². The fourth-order valence-corrected chi connectivity index (χ4v) is 2.91. The summed E-state index contributed by atoms with van der Waals surface area (Å²) in [6.45, 7) is 0. The molecule has 0 bridgehead atoms. The number of methoxy groups -OCH3 is 1. The molecule has 0 atom stereocenters. The largest absolute Gasteiger partial charge is 0.497 e. The summed E-state index contributed by atoms with van der Waals surface area (Å²) in [7, 11) is 1.59. The molecule has 0 amide bonds. The molecule has 0 radical (unpaired) electrons. The predicted molar refractivity (Wildman–Crippen MR) is 77.8 cm³/mol. The lowest BCUT2D eigenvalue weighted by atomic mass is 9.92. The lowest BCUT2D eigenvalue weighted by Crippen LogP contribution is -1.97. The van der Waals surface area contributed by atoms with Gasteiger partial charge in [-0.1, -0.05) is 24.3 Å². The molecule has 4 nitrogen and oxygen atoms in total. The van der Waals surface area contributed by atoms with Crippen LogP contribution in [-0.2, 0) is 4.74 Å². The van der Waals surface area contributed by atoms with Crippen molar-refractivity contribution in [3.05, 3.63) is 53.6 Å². The summed E-state index contributed by atoms with van der Waals surface area (Å²) in [5.41, 5.74) is 0.699. The minimum atomic E-state index is -0.587. The van der Waals surface area contributed by atoms with Gasteiger partial charge in [0.1, 0.15) is 5.75 Å². The second-order valence-electron chi connectivity index (χ2n) is 4.88. The van der Waals surface area contributed by atoms with Gasteiger partial charge in [0.05, 0.1) is 18.2 Å². The van der Waals surface area contributed by atoms with Gasteiger partial charge in [-0.15, -0.1) is 0 Å². The number of hydrogen-bond acceptors (Lipinski definition) is 4. The van der Waals surface area contributed by atoms with E-state index in [1.807, 2.05) is 30.3 Å². The first-order valence-corrected chi connectivity index (χ1v) is 6.49. The maximum atomic E-state index is 12.0. The highest BCUT2D eigenvalue weighted by molar-refractivity contribution is 6.30. The molecule has 1 heterocycles. The fraction of sp³-hybridized carbons (Fsp3) is 0.0588. The van der Waals surface area contributed by atoms with Crippen molar-refractivity contribution in [2.24, 2.45) is 0 Å². The van der Waals surface area contributed by atoms with Crippen molar-refractivity contribution in [3.8, 4) is 5.75 Å². The maximum Gasteiger partial charge on any atom is 0.347 e. The van der Waals surface area contributed by atoms with Crippen molar-refractivity contribution in [1.82, 2.24) is 0 Å². The Morgan fingerprint density at radius 2 is 1.43 bits per heavy atom. The van der Waals surface area contributed by atoms with E-state index in [4.69, 9.17) is 9.47 Å². The molecule has 1 aliphatic rings. The molecule has 0 unspecified atom stereocenters. The van der Waals surface area contributed by atoms with Gasteiger partial charge in [0.15, 0.2) is 0 Å². The van der Waals surface area contributed by atoms with Crippen molar-refractivity contribution in [2.45, 2.75) is 0 Å². The lowest BCUT2D eigenvalue weighted by Gasteiger charge is -2.09. The molecule has 4 heteroatoms. The van der Waals surface area contributed by atoms with Crippen molar-refractivity contribution in [2.75, 3.05) is 7.11 Å². The molecule has 0 saturated heterocycles. The van der Waals surface area contributed by atoms with Crippen LogP contribution < -0.4 is 4.74 Å². The van der Waals surface area contributed by atoms with Crippen LogP contribution in [0.15, 0.2) is 42.5 Å².